The number of amides is 2. The maximum absolute atomic E-state index is 12.8. The number of carboxylic acids is 1. The van der Waals surface area contributed by atoms with Crippen molar-refractivity contribution in [3.63, 3.8) is 0 Å². The van der Waals surface area contributed by atoms with Crippen molar-refractivity contribution in [1.82, 2.24) is 15.2 Å². The minimum Gasteiger partial charge on any atom is -0.543 e. The number of fused-ring (bicyclic) bond motifs is 1. The summed E-state index contributed by atoms with van der Waals surface area (Å²) in [6, 6.07) is -0.908. The average Bonchev–Trinajstić information content (AvgIpc) is 3.21. The quantitative estimate of drug-likeness (QED) is 0.159. The van der Waals surface area contributed by atoms with E-state index in [4.69, 9.17) is 15.3 Å². The SMILES string of the molecule is CO/N=C(\C(=O)NC1C(=O)N2C(C(=O)[O-])=C(SC3CCOCC3)CS[C@@H]12)c1csc(N)n1.[Na+]. The van der Waals surface area contributed by atoms with E-state index in [9.17, 15) is 19.5 Å². The van der Waals surface area contributed by atoms with Crippen LogP contribution in [0.2, 0.25) is 0 Å². The number of nitrogens with zero attached hydrogens (tertiary/aromatic N) is 3. The van der Waals surface area contributed by atoms with E-state index in [-0.39, 0.29) is 57.0 Å². The van der Waals surface area contributed by atoms with Crippen molar-refractivity contribution in [3.05, 3.63) is 21.7 Å². The Bertz CT molecular complexity index is 996. The molecular formula is C18H20N5NaO6S3. The van der Waals surface area contributed by atoms with Gasteiger partial charge >= 0.3 is 29.6 Å². The number of hydrogen-bond donors (Lipinski definition) is 2. The van der Waals surface area contributed by atoms with Crippen LogP contribution in [0.25, 0.3) is 0 Å². The van der Waals surface area contributed by atoms with Crippen molar-refractivity contribution in [2.24, 2.45) is 5.16 Å². The van der Waals surface area contributed by atoms with Crippen LogP contribution in [-0.4, -0.2) is 76.1 Å². The summed E-state index contributed by atoms with van der Waals surface area (Å²) in [5, 5.41) is 19.7. The number of aliphatic carboxylic acids is 1. The molecule has 2 fully saturated rings. The monoisotopic (exact) mass is 521 g/mol. The third-order valence-corrected chi connectivity index (χ3v) is 8.62. The van der Waals surface area contributed by atoms with E-state index in [2.05, 4.69) is 15.5 Å². The molecule has 1 aromatic heterocycles. The molecule has 0 aromatic carbocycles. The molecule has 2 atom stereocenters. The minimum atomic E-state index is -1.40. The van der Waals surface area contributed by atoms with Crippen LogP contribution in [-0.2, 0) is 24.0 Å². The predicted octanol–water partition coefficient (Wildman–Crippen LogP) is -3.65. The molecule has 4 rings (SSSR count). The van der Waals surface area contributed by atoms with Crippen molar-refractivity contribution in [2.45, 2.75) is 29.5 Å². The maximum Gasteiger partial charge on any atom is 1.00 e. The number of nitrogens with two attached hydrogens (primary N) is 1. The Kier molecular flexibility index (Phi) is 9.11. The first-order valence-corrected chi connectivity index (χ1v) is 12.5. The van der Waals surface area contributed by atoms with Crippen LogP contribution in [0.15, 0.2) is 21.1 Å². The molecule has 0 radical (unpaired) electrons. The van der Waals surface area contributed by atoms with Gasteiger partial charge in [0.1, 0.15) is 24.2 Å². The van der Waals surface area contributed by atoms with Crippen LogP contribution in [0.1, 0.15) is 18.5 Å². The molecule has 1 aromatic rings. The van der Waals surface area contributed by atoms with E-state index < -0.39 is 29.2 Å². The zero-order chi connectivity index (χ0) is 22.8. The number of hydrogen-bond acceptors (Lipinski definition) is 12. The number of carbonyl (C=O) groups is 3. The van der Waals surface area contributed by atoms with E-state index >= 15 is 0 Å². The molecule has 2 saturated heterocycles. The molecule has 2 amide bonds. The zero-order valence-electron chi connectivity index (χ0n) is 17.9. The standard InChI is InChI=1S/C18H21N5O6S3.Na/c1-28-22-11(9-6-31-18(19)20-9)14(24)21-12-15(25)23-13(17(26)27)10(7-30-16(12)23)32-8-2-4-29-5-3-8;/h6,8,12,16H,2-5,7H2,1H3,(H2,19,20)(H,21,24)(H,26,27);/q;+1/p-1/b22-11-;/t12?,16-;/m0./s1. The van der Waals surface area contributed by atoms with Gasteiger partial charge in [0, 0.05) is 34.5 Å². The number of β-lactam (4-membered cyclic amide) rings is 1. The Balaban J connectivity index is 0.00000306. The van der Waals surface area contributed by atoms with Crippen molar-refractivity contribution in [3.8, 4) is 0 Å². The zero-order valence-corrected chi connectivity index (χ0v) is 22.4. The summed E-state index contributed by atoms with van der Waals surface area (Å²) in [4.78, 5) is 48.1. The largest absolute Gasteiger partial charge is 1.00 e. The van der Waals surface area contributed by atoms with Crippen LogP contribution in [0.5, 0.6) is 0 Å². The number of rotatable bonds is 7. The molecule has 11 nitrogen and oxygen atoms in total. The normalized spacial score (nSPS) is 23.4. The number of carbonyl (C=O) groups excluding carboxylic acids is 3. The first-order chi connectivity index (χ1) is 15.4. The van der Waals surface area contributed by atoms with E-state index in [1.807, 2.05) is 0 Å². The van der Waals surface area contributed by atoms with Gasteiger partial charge in [-0.2, -0.15) is 0 Å². The molecule has 3 aliphatic rings. The van der Waals surface area contributed by atoms with Gasteiger partial charge in [-0.3, -0.25) is 14.5 Å². The summed E-state index contributed by atoms with van der Waals surface area (Å²) in [7, 11) is 1.28. The van der Waals surface area contributed by atoms with Crippen LogP contribution >= 0.6 is 34.9 Å². The third-order valence-electron chi connectivity index (χ3n) is 5.05. The van der Waals surface area contributed by atoms with Gasteiger partial charge in [-0.05, 0) is 12.8 Å². The molecular weight excluding hydrogens is 501 g/mol. The number of carboxylic acid groups (broad SMARTS) is 1. The summed E-state index contributed by atoms with van der Waals surface area (Å²) in [6.07, 6.45) is 1.63. The first kappa shape index (κ1) is 26.3. The number of anilines is 1. The van der Waals surface area contributed by atoms with Gasteiger partial charge in [0.2, 0.25) is 0 Å². The molecule has 4 heterocycles. The van der Waals surface area contributed by atoms with Gasteiger partial charge in [-0.1, -0.05) is 5.16 Å². The molecule has 3 N–H and O–H groups in total. The molecule has 0 spiro atoms. The van der Waals surface area contributed by atoms with Gasteiger partial charge < -0.3 is 30.5 Å². The number of thioether (sulfide) groups is 2. The number of nitrogens with one attached hydrogen (secondary N) is 1. The Morgan fingerprint density at radius 3 is 2.76 bits per heavy atom. The second-order valence-corrected chi connectivity index (χ2v) is 10.4. The van der Waals surface area contributed by atoms with Crippen LogP contribution in [0, 0.1) is 0 Å². The molecule has 0 aliphatic carbocycles. The van der Waals surface area contributed by atoms with Gasteiger partial charge in [0.15, 0.2) is 10.8 Å². The topological polar surface area (TPSA) is 159 Å². The van der Waals surface area contributed by atoms with Crippen LogP contribution in [0.3, 0.4) is 0 Å². The molecule has 3 aliphatic heterocycles. The van der Waals surface area contributed by atoms with Gasteiger partial charge in [-0.15, -0.1) is 34.9 Å². The Labute approximate surface area is 224 Å². The van der Waals surface area contributed by atoms with Crippen molar-refractivity contribution in [1.29, 1.82) is 0 Å². The second-order valence-electron chi connectivity index (χ2n) is 7.04. The Morgan fingerprint density at radius 2 is 2.15 bits per heavy atom. The van der Waals surface area contributed by atoms with Gasteiger partial charge in [0.05, 0.1) is 11.7 Å². The molecule has 0 bridgehead atoms. The Hall–Kier alpha value is -1.29. The molecule has 15 heteroatoms. The molecule has 172 valence electrons. The summed E-state index contributed by atoms with van der Waals surface area (Å²) in [6.45, 7) is 1.27. The van der Waals surface area contributed by atoms with Crippen molar-refractivity contribution >= 4 is 63.5 Å². The fourth-order valence-corrected chi connectivity index (χ4v) is 6.91. The molecule has 33 heavy (non-hydrogen) atoms. The van der Waals surface area contributed by atoms with Gasteiger partial charge in [-0.25, -0.2) is 4.98 Å². The fourth-order valence-electron chi connectivity index (χ4n) is 3.57. The summed E-state index contributed by atoms with van der Waals surface area (Å²) < 4.78 is 5.35. The molecule has 1 unspecified atom stereocenters. The number of ether oxygens (including phenoxy) is 1. The smallest absolute Gasteiger partial charge is 0.543 e. The molecule has 0 saturated carbocycles. The van der Waals surface area contributed by atoms with E-state index in [1.54, 1.807) is 5.38 Å². The maximum atomic E-state index is 12.8. The summed E-state index contributed by atoms with van der Waals surface area (Å²) in [5.74, 6) is -2.18. The predicted molar refractivity (Wildman–Crippen MR) is 119 cm³/mol. The van der Waals surface area contributed by atoms with Crippen LogP contribution < -0.4 is 45.7 Å². The Morgan fingerprint density at radius 1 is 1.42 bits per heavy atom. The summed E-state index contributed by atoms with van der Waals surface area (Å²) >= 11 is 4.00. The van der Waals surface area contributed by atoms with Crippen molar-refractivity contribution in [2.75, 3.05) is 31.8 Å². The number of thiazole rings is 1. The van der Waals surface area contributed by atoms with Crippen LogP contribution in [0.4, 0.5) is 5.13 Å². The third kappa shape index (κ3) is 5.52. The van der Waals surface area contributed by atoms with E-state index in [0.717, 1.165) is 24.2 Å². The fraction of sp³-hybridized carbons (Fsp3) is 0.500. The number of oxime groups is 1. The van der Waals surface area contributed by atoms with Crippen molar-refractivity contribution < 1.29 is 58.6 Å². The number of nitrogen functional groups attached to an aromatic ring is 1. The number of aromatic nitrogens is 1. The first-order valence-electron chi connectivity index (χ1n) is 9.67. The second kappa shape index (κ2) is 11.4. The van der Waals surface area contributed by atoms with E-state index in [1.165, 1.54) is 35.5 Å². The van der Waals surface area contributed by atoms with E-state index in [0.29, 0.717) is 23.9 Å². The minimum absolute atomic E-state index is 0. The average molecular weight is 522 g/mol. The van der Waals surface area contributed by atoms with Gasteiger partial charge in [0.25, 0.3) is 11.8 Å². The summed E-state index contributed by atoms with van der Waals surface area (Å²) in [5.41, 5.74) is 5.61.